The van der Waals surface area contributed by atoms with Gasteiger partial charge in [-0.2, -0.15) is 0 Å². The van der Waals surface area contributed by atoms with E-state index in [0.29, 0.717) is 59.5 Å². The molecule has 9 heteroatoms. The zero-order valence-corrected chi connectivity index (χ0v) is 19.1. The first kappa shape index (κ1) is 21.3. The highest BCUT2D eigenvalue weighted by atomic mass is 16.5. The van der Waals surface area contributed by atoms with Crippen LogP contribution < -0.4 is 4.74 Å². The van der Waals surface area contributed by atoms with Crippen LogP contribution >= 0.6 is 0 Å². The lowest BCUT2D eigenvalue weighted by atomic mass is 9.98. The lowest BCUT2D eigenvalue weighted by molar-refractivity contribution is 0.0736. The summed E-state index contributed by atoms with van der Waals surface area (Å²) in [5.41, 5.74) is 2.75. The van der Waals surface area contributed by atoms with Gasteiger partial charge in [-0.1, -0.05) is 29.5 Å². The monoisotopic (exact) mass is 469 g/mol. The number of hydrogen-bond donors (Lipinski definition) is 1. The molecule has 0 aliphatic carbocycles. The summed E-state index contributed by atoms with van der Waals surface area (Å²) in [6.45, 7) is 2.27. The quantitative estimate of drug-likeness (QED) is 0.461. The molecule has 0 spiro atoms. The van der Waals surface area contributed by atoms with Crippen molar-refractivity contribution in [2.24, 2.45) is 11.8 Å². The molecule has 0 radical (unpaired) electrons. The number of nitrogens with one attached hydrogen (secondary N) is 1. The number of benzene rings is 3. The van der Waals surface area contributed by atoms with Crippen molar-refractivity contribution in [2.75, 3.05) is 33.3 Å². The summed E-state index contributed by atoms with van der Waals surface area (Å²) < 4.78 is 5.52. The zero-order chi connectivity index (χ0) is 24.1. The van der Waals surface area contributed by atoms with Crippen molar-refractivity contribution in [3.8, 4) is 5.75 Å². The molecular weight excluding hydrogens is 446 g/mol. The SMILES string of the molecule is COc1cc(C(=O)N2C[C@@H]3CN(C(=O)c4ccc5[nH]nnc5c4)C[C@H]3C2)c(C=O)c2ccccc12. The lowest BCUT2D eigenvalue weighted by Crippen LogP contribution is -2.36. The molecule has 0 bridgehead atoms. The van der Waals surface area contributed by atoms with Crippen LogP contribution in [-0.2, 0) is 0 Å². The second-order valence-electron chi connectivity index (χ2n) is 9.19. The Balaban J connectivity index is 1.21. The molecule has 2 fully saturated rings. The van der Waals surface area contributed by atoms with Gasteiger partial charge in [0.25, 0.3) is 11.8 Å². The third-order valence-corrected chi connectivity index (χ3v) is 7.25. The van der Waals surface area contributed by atoms with Crippen molar-refractivity contribution in [3.63, 3.8) is 0 Å². The van der Waals surface area contributed by atoms with Crippen LogP contribution in [0.1, 0.15) is 31.1 Å². The topological polar surface area (TPSA) is 108 Å². The molecule has 1 N–H and O–H groups in total. The summed E-state index contributed by atoms with van der Waals surface area (Å²) in [4.78, 5) is 42.3. The number of H-pyrrole nitrogens is 1. The lowest BCUT2D eigenvalue weighted by Gasteiger charge is -2.23. The minimum Gasteiger partial charge on any atom is -0.496 e. The van der Waals surface area contributed by atoms with E-state index in [1.165, 1.54) is 0 Å². The van der Waals surface area contributed by atoms with Crippen molar-refractivity contribution in [1.82, 2.24) is 25.2 Å². The number of fused-ring (bicyclic) bond motifs is 3. The maximum Gasteiger partial charge on any atom is 0.254 e. The van der Waals surface area contributed by atoms with Gasteiger partial charge in [0.05, 0.1) is 18.2 Å². The maximum atomic E-state index is 13.5. The average Bonchev–Trinajstić information content (AvgIpc) is 3.61. The van der Waals surface area contributed by atoms with Crippen molar-refractivity contribution in [1.29, 1.82) is 0 Å². The highest BCUT2D eigenvalue weighted by Gasteiger charge is 2.43. The Morgan fingerprint density at radius 1 is 0.971 bits per heavy atom. The minimum atomic E-state index is -0.181. The van der Waals surface area contributed by atoms with E-state index in [1.807, 2.05) is 35.2 Å². The molecule has 35 heavy (non-hydrogen) atoms. The van der Waals surface area contributed by atoms with Crippen LogP contribution in [0.15, 0.2) is 48.5 Å². The maximum absolute atomic E-state index is 13.5. The number of aromatic amines is 1. The van der Waals surface area contributed by atoms with Gasteiger partial charge in [0.1, 0.15) is 11.3 Å². The Morgan fingerprint density at radius 3 is 2.34 bits per heavy atom. The first-order valence-corrected chi connectivity index (χ1v) is 11.5. The largest absolute Gasteiger partial charge is 0.496 e. The van der Waals surface area contributed by atoms with E-state index in [2.05, 4.69) is 15.4 Å². The number of rotatable bonds is 4. The Labute approximate surface area is 200 Å². The van der Waals surface area contributed by atoms with Gasteiger partial charge in [-0.15, -0.1) is 5.10 Å². The minimum absolute atomic E-state index is 0.0373. The van der Waals surface area contributed by atoms with Gasteiger partial charge in [0.15, 0.2) is 6.29 Å². The van der Waals surface area contributed by atoms with Crippen molar-refractivity contribution in [2.45, 2.75) is 0 Å². The fraction of sp³-hybridized carbons (Fsp3) is 0.269. The van der Waals surface area contributed by atoms with Crippen molar-refractivity contribution < 1.29 is 19.1 Å². The van der Waals surface area contributed by atoms with Gasteiger partial charge >= 0.3 is 0 Å². The summed E-state index contributed by atoms with van der Waals surface area (Å²) in [6.07, 6.45) is 0.748. The van der Waals surface area contributed by atoms with Crippen molar-refractivity contribution in [3.05, 3.63) is 65.2 Å². The van der Waals surface area contributed by atoms with E-state index in [-0.39, 0.29) is 23.7 Å². The van der Waals surface area contributed by atoms with Gasteiger partial charge < -0.3 is 14.5 Å². The summed E-state index contributed by atoms with van der Waals surface area (Å²) in [5, 5.41) is 12.0. The molecule has 9 nitrogen and oxygen atoms in total. The highest BCUT2D eigenvalue weighted by molar-refractivity contribution is 6.11. The molecule has 0 saturated carbocycles. The molecule has 2 atom stereocenters. The molecule has 2 aliphatic rings. The predicted octanol–water partition coefficient (Wildman–Crippen LogP) is 2.78. The first-order chi connectivity index (χ1) is 17.1. The number of aromatic nitrogens is 3. The fourth-order valence-electron chi connectivity index (χ4n) is 5.49. The summed E-state index contributed by atoms with van der Waals surface area (Å²) >= 11 is 0. The number of hydrogen-bond acceptors (Lipinski definition) is 6. The molecule has 0 unspecified atom stereocenters. The molecule has 2 saturated heterocycles. The highest BCUT2D eigenvalue weighted by Crippen LogP contribution is 2.35. The normalized spacial score (nSPS) is 19.3. The summed E-state index contributed by atoms with van der Waals surface area (Å²) in [7, 11) is 1.56. The van der Waals surface area contributed by atoms with Crippen LogP contribution in [-0.4, -0.2) is 76.6 Å². The van der Waals surface area contributed by atoms with E-state index in [0.717, 1.165) is 17.2 Å². The second-order valence-corrected chi connectivity index (χ2v) is 9.19. The molecule has 4 aromatic rings. The summed E-state index contributed by atoms with van der Waals surface area (Å²) in [5.74, 6) is 0.737. The number of likely N-dealkylation sites (tertiary alicyclic amines) is 2. The molecular formula is C26H23N5O4. The Hall–Kier alpha value is -4.27. The molecule has 176 valence electrons. The van der Waals surface area contributed by atoms with Crippen LogP contribution in [0.25, 0.3) is 21.8 Å². The predicted molar refractivity (Wildman–Crippen MR) is 129 cm³/mol. The molecule has 6 rings (SSSR count). The first-order valence-electron chi connectivity index (χ1n) is 11.5. The number of carbonyl (C=O) groups excluding carboxylic acids is 3. The zero-order valence-electron chi connectivity index (χ0n) is 19.1. The molecule has 2 amide bonds. The van der Waals surface area contributed by atoms with Crippen LogP contribution in [0.5, 0.6) is 5.75 Å². The number of methoxy groups -OCH3 is 1. The molecule has 3 heterocycles. The second kappa shape index (κ2) is 8.19. The Morgan fingerprint density at radius 2 is 1.66 bits per heavy atom. The van der Waals surface area contributed by atoms with Gasteiger partial charge in [-0.05, 0) is 29.7 Å². The standard InChI is InChI=1S/C26H23N5O4/c1-35-24-9-20(21(14-32)18-4-2-3-5-19(18)24)26(34)31-12-16-10-30(11-17(16)13-31)25(33)15-6-7-22-23(8-15)28-29-27-22/h2-9,14,16-17H,10-13H2,1H3,(H,27,28,29)/t16-,17-/m0/s1. The smallest absolute Gasteiger partial charge is 0.254 e. The van der Waals surface area contributed by atoms with E-state index < -0.39 is 0 Å². The molecule has 2 aliphatic heterocycles. The van der Waals surface area contributed by atoms with Crippen LogP contribution in [0.2, 0.25) is 0 Å². The van der Waals surface area contributed by atoms with Gasteiger partial charge in [-0.25, -0.2) is 0 Å². The van der Waals surface area contributed by atoms with Crippen LogP contribution in [0.3, 0.4) is 0 Å². The Bertz CT molecular complexity index is 1480. The van der Waals surface area contributed by atoms with E-state index >= 15 is 0 Å². The fourth-order valence-corrected chi connectivity index (χ4v) is 5.49. The number of carbonyl (C=O) groups is 3. The van der Waals surface area contributed by atoms with Crippen LogP contribution in [0, 0.1) is 11.8 Å². The third kappa shape index (κ3) is 3.42. The van der Waals surface area contributed by atoms with Gasteiger partial charge in [-0.3, -0.25) is 19.5 Å². The Kier molecular flexibility index (Phi) is 4.98. The van der Waals surface area contributed by atoms with Crippen LogP contribution in [0.4, 0.5) is 0 Å². The summed E-state index contributed by atoms with van der Waals surface area (Å²) in [6, 6.07) is 14.4. The van der Waals surface area contributed by atoms with Crippen molar-refractivity contribution >= 4 is 39.9 Å². The van der Waals surface area contributed by atoms with E-state index in [9.17, 15) is 14.4 Å². The number of nitrogens with zero attached hydrogens (tertiary/aromatic N) is 4. The average molecular weight is 470 g/mol. The van der Waals surface area contributed by atoms with E-state index in [1.54, 1.807) is 30.2 Å². The number of ether oxygens (including phenoxy) is 1. The van der Waals surface area contributed by atoms with Gasteiger partial charge in [0, 0.05) is 54.5 Å². The third-order valence-electron chi connectivity index (χ3n) is 7.25. The van der Waals surface area contributed by atoms with E-state index in [4.69, 9.17) is 4.74 Å². The molecule has 3 aromatic carbocycles. The number of amides is 2. The number of aldehydes is 1. The van der Waals surface area contributed by atoms with Gasteiger partial charge in [0.2, 0.25) is 0 Å². The molecule has 1 aromatic heterocycles.